The Hall–Kier alpha value is -0.490. The smallest absolute Gasteiger partial charge is 0.112 e. The van der Waals surface area contributed by atoms with E-state index >= 15 is 0 Å². The third kappa shape index (κ3) is 3.74. The second-order valence-corrected chi connectivity index (χ2v) is 5.88. The molecule has 17 heavy (non-hydrogen) atoms. The lowest BCUT2D eigenvalue weighted by molar-refractivity contribution is 0.231. The first kappa shape index (κ1) is 13.0. The number of hydrogen-bond acceptors (Lipinski definition) is 5. The van der Waals surface area contributed by atoms with Gasteiger partial charge in [0.2, 0.25) is 0 Å². The van der Waals surface area contributed by atoms with Crippen LogP contribution in [0.15, 0.2) is 11.6 Å². The fraction of sp³-hybridized carbons (Fsp3) is 0.750. The molecular weight excluding hydrogens is 232 g/mol. The molecular formula is C12H22N4S. The zero-order valence-corrected chi connectivity index (χ0v) is 11.5. The van der Waals surface area contributed by atoms with Gasteiger partial charge in [-0.3, -0.25) is 4.90 Å². The van der Waals surface area contributed by atoms with Crippen molar-refractivity contribution in [1.82, 2.24) is 20.5 Å². The van der Waals surface area contributed by atoms with Crippen LogP contribution in [-0.2, 0) is 5.54 Å². The van der Waals surface area contributed by atoms with Gasteiger partial charge in [-0.05, 0) is 13.8 Å². The van der Waals surface area contributed by atoms with E-state index in [9.17, 15) is 0 Å². The Bertz CT molecular complexity index is 317. The van der Waals surface area contributed by atoms with Crippen molar-refractivity contribution in [2.75, 3.05) is 39.3 Å². The van der Waals surface area contributed by atoms with E-state index in [1.165, 1.54) is 13.1 Å². The number of nitrogens with one attached hydrogen (secondary N) is 2. The van der Waals surface area contributed by atoms with Crippen LogP contribution in [0, 0.1) is 0 Å². The first-order chi connectivity index (χ1) is 8.18. The van der Waals surface area contributed by atoms with Crippen molar-refractivity contribution in [3.8, 4) is 0 Å². The molecule has 0 unspecified atom stereocenters. The summed E-state index contributed by atoms with van der Waals surface area (Å²) in [5, 5.41) is 10.2. The first-order valence-electron chi connectivity index (χ1n) is 6.26. The first-order valence-corrected chi connectivity index (χ1v) is 7.14. The highest BCUT2D eigenvalue weighted by atomic mass is 32.1. The van der Waals surface area contributed by atoms with Crippen LogP contribution in [0.2, 0.25) is 0 Å². The molecule has 1 aliphatic heterocycles. The molecule has 0 bridgehead atoms. The molecule has 96 valence electrons. The summed E-state index contributed by atoms with van der Waals surface area (Å²) in [6.07, 6.45) is 1.87. The largest absolute Gasteiger partial charge is 0.314 e. The Labute approximate surface area is 107 Å². The third-order valence-electron chi connectivity index (χ3n) is 3.17. The molecule has 2 heterocycles. The summed E-state index contributed by atoms with van der Waals surface area (Å²) in [5.74, 6) is 0. The van der Waals surface area contributed by atoms with Gasteiger partial charge in [0.25, 0.3) is 0 Å². The fourth-order valence-electron chi connectivity index (χ4n) is 2.07. The van der Waals surface area contributed by atoms with E-state index in [1.807, 2.05) is 11.6 Å². The highest BCUT2D eigenvalue weighted by Crippen LogP contribution is 2.21. The molecule has 1 saturated heterocycles. The molecule has 1 aromatic heterocycles. The maximum atomic E-state index is 4.39. The molecule has 4 nitrogen and oxygen atoms in total. The predicted molar refractivity (Wildman–Crippen MR) is 72.5 cm³/mol. The Morgan fingerprint density at radius 3 is 2.88 bits per heavy atom. The summed E-state index contributed by atoms with van der Waals surface area (Å²) in [6.45, 7) is 11.1. The standard InChI is InChI=1S/C12H22N4S/c1-12(2,11-14-6-10-17-11)15-5-9-16-7-3-13-4-8-16/h6,10,13,15H,3-5,7-9H2,1-2H3. The van der Waals surface area contributed by atoms with Crippen LogP contribution in [0.1, 0.15) is 18.9 Å². The van der Waals surface area contributed by atoms with Crippen molar-refractivity contribution in [2.24, 2.45) is 0 Å². The molecule has 0 aromatic carbocycles. The van der Waals surface area contributed by atoms with E-state index in [-0.39, 0.29) is 5.54 Å². The van der Waals surface area contributed by atoms with Gasteiger partial charge in [-0.1, -0.05) is 0 Å². The minimum absolute atomic E-state index is 0.0117. The lowest BCUT2D eigenvalue weighted by Gasteiger charge is -2.30. The van der Waals surface area contributed by atoms with Crippen molar-refractivity contribution in [2.45, 2.75) is 19.4 Å². The number of nitrogens with zero attached hydrogens (tertiary/aromatic N) is 2. The summed E-state index contributed by atoms with van der Waals surface area (Å²) in [7, 11) is 0. The third-order valence-corrected chi connectivity index (χ3v) is 4.27. The summed E-state index contributed by atoms with van der Waals surface area (Å²) in [5.41, 5.74) is -0.0117. The monoisotopic (exact) mass is 254 g/mol. The van der Waals surface area contributed by atoms with Crippen LogP contribution < -0.4 is 10.6 Å². The topological polar surface area (TPSA) is 40.2 Å². The molecule has 5 heteroatoms. The van der Waals surface area contributed by atoms with Crippen molar-refractivity contribution in [1.29, 1.82) is 0 Å². The summed E-state index contributed by atoms with van der Waals surface area (Å²) in [4.78, 5) is 6.89. The van der Waals surface area contributed by atoms with Crippen LogP contribution >= 0.6 is 11.3 Å². The van der Waals surface area contributed by atoms with Crippen molar-refractivity contribution >= 4 is 11.3 Å². The van der Waals surface area contributed by atoms with Crippen LogP contribution in [0.3, 0.4) is 0 Å². The Morgan fingerprint density at radius 1 is 1.47 bits per heavy atom. The van der Waals surface area contributed by atoms with E-state index < -0.39 is 0 Å². The van der Waals surface area contributed by atoms with Crippen LogP contribution in [0.5, 0.6) is 0 Å². The molecule has 0 spiro atoms. The minimum Gasteiger partial charge on any atom is -0.314 e. The van der Waals surface area contributed by atoms with E-state index in [2.05, 4.69) is 34.4 Å². The summed E-state index contributed by atoms with van der Waals surface area (Å²) in [6, 6.07) is 0. The lowest BCUT2D eigenvalue weighted by atomic mass is 10.1. The highest BCUT2D eigenvalue weighted by molar-refractivity contribution is 7.09. The molecule has 1 aromatic rings. The summed E-state index contributed by atoms with van der Waals surface area (Å²) >= 11 is 1.72. The van der Waals surface area contributed by atoms with Crippen molar-refractivity contribution < 1.29 is 0 Å². The van der Waals surface area contributed by atoms with Crippen LogP contribution in [0.4, 0.5) is 0 Å². The Morgan fingerprint density at radius 2 is 2.24 bits per heavy atom. The van der Waals surface area contributed by atoms with Crippen molar-refractivity contribution in [3.05, 3.63) is 16.6 Å². The average molecular weight is 254 g/mol. The number of rotatable bonds is 5. The molecule has 1 aliphatic rings. The maximum Gasteiger partial charge on any atom is 0.112 e. The van der Waals surface area contributed by atoms with E-state index in [0.29, 0.717) is 0 Å². The van der Waals surface area contributed by atoms with Gasteiger partial charge >= 0.3 is 0 Å². The zero-order chi connectivity index (χ0) is 12.1. The number of aromatic nitrogens is 1. The minimum atomic E-state index is -0.0117. The molecule has 0 saturated carbocycles. The average Bonchev–Trinajstić information content (AvgIpc) is 2.84. The molecule has 0 radical (unpaired) electrons. The van der Waals surface area contributed by atoms with E-state index in [1.54, 1.807) is 11.3 Å². The number of hydrogen-bond donors (Lipinski definition) is 2. The fourth-order valence-corrected chi connectivity index (χ4v) is 2.81. The SMILES string of the molecule is CC(C)(NCCN1CCNCC1)c1nccs1. The van der Waals surface area contributed by atoms with Gasteiger partial charge in [0.1, 0.15) is 5.01 Å². The van der Waals surface area contributed by atoms with Gasteiger partial charge in [-0.15, -0.1) is 11.3 Å². The molecule has 2 N–H and O–H groups in total. The lowest BCUT2D eigenvalue weighted by Crippen LogP contribution is -2.47. The molecule has 1 fully saturated rings. The number of piperazine rings is 1. The number of thiazole rings is 1. The van der Waals surface area contributed by atoms with Gasteiger partial charge in [0, 0.05) is 50.8 Å². The van der Waals surface area contributed by atoms with Crippen LogP contribution in [-0.4, -0.2) is 49.2 Å². The zero-order valence-electron chi connectivity index (χ0n) is 10.7. The summed E-state index contributed by atoms with van der Waals surface area (Å²) < 4.78 is 0. The Kier molecular flexibility index (Phi) is 4.50. The quantitative estimate of drug-likeness (QED) is 0.818. The maximum absolute atomic E-state index is 4.39. The van der Waals surface area contributed by atoms with Crippen LogP contribution in [0.25, 0.3) is 0 Å². The Balaban J connectivity index is 1.74. The molecule has 2 rings (SSSR count). The second kappa shape index (κ2) is 5.91. The van der Waals surface area contributed by atoms with E-state index in [4.69, 9.17) is 0 Å². The highest BCUT2D eigenvalue weighted by Gasteiger charge is 2.22. The van der Waals surface area contributed by atoms with Gasteiger partial charge in [0.05, 0.1) is 5.54 Å². The normalized spacial score (nSPS) is 18.5. The molecule has 0 amide bonds. The predicted octanol–water partition coefficient (Wildman–Crippen LogP) is 0.873. The second-order valence-electron chi connectivity index (χ2n) is 4.98. The van der Waals surface area contributed by atoms with Gasteiger partial charge in [-0.25, -0.2) is 4.98 Å². The van der Waals surface area contributed by atoms with Gasteiger partial charge < -0.3 is 10.6 Å². The molecule has 0 atom stereocenters. The van der Waals surface area contributed by atoms with Gasteiger partial charge in [-0.2, -0.15) is 0 Å². The van der Waals surface area contributed by atoms with Crippen molar-refractivity contribution in [3.63, 3.8) is 0 Å². The van der Waals surface area contributed by atoms with Gasteiger partial charge in [0.15, 0.2) is 0 Å². The molecule has 0 aliphatic carbocycles. The van der Waals surface area contributed by atoms with E-state index in [0.717, 1.165) is 31.2 Å².